The molecule has 2 aliphatic heterocycles. The standard InChI is InChI=1S/C28H38N2O5/c1-18(2)22-9-7-19(3)23-14-25(34-26(32)10-8-21-15-30(5)17-29-21)27(4)11-12-28(33-6,35-27)20(16-31)13-24(22)23/h7-8,10-13,15,17-18,22-25,31H,9,14,16H2,1-6H3/b10-8+,20-13?/t22-,23+,24-,25+,27+,28-/m1/s1. The van der Waals surface area contributed by atoms with Crippen molar-refractivity contribution < 1.29 is 24.1 Å². The van der Waals surface area contributed by atoms with Gasteiger partial charge in [0.05, 0.1) is 18.6 Å². The van der Waals surface area contributed by atoms with Crippen molar-refractivity contribution in [3.8, 4) is 0 Å². The van der Waals surface area contributed by atoms with Gasteiger partial charge in [0, 0.05) is 32.0 Å². The number of rotatable bonds is 6. The number of aliphatic hydroxyl groups is 1. The number of imidazole rings is 1. The lowest BCUT2D eigenvalue weighted by Crippen LogP contribution is -2.47. The third-order valence-electron chi connectivity index (χ3n) is 7.91. The number of ether oxygens (including phenoxy) is 3. The van der Waals surface area contributed by atoms with Crippen molar-refractivity contribution in [3.05, 3.63) is 59.7 Å². The fourth-order valence-electron chi connectivity index (χ4n) is 5.78. The van der Waals surface area contributed by atoms with E-state index in [1.54, 1.807) is 19.5 Å². The van der Waals surface area contributed by atoms with Crippen molar-refractivity contribution in [3.63, 3.8) is 0 Å². The number of carbonyl (C=O) groups is 1. The number of esters is 1. The largest absolute Gasteiger partial charge is 0.456 e. The Labute approximate surface area is 208 Å². The van der Waals surface area contributed by atoms with E-state index in [9.17, 15) is 9.90 Å². The van der Waals surface area contributed by atoms with Gasteiger partial charge in [-0.1, -0.05) is 31.6 Å². The molecule has 6 atom stereocenters. The number of methoxy groups -OCH3 is 1. The highest BCUT2D eigenvalue weighted by atomic mass is 16.7. The van der Waals surface area contributed by atoms with Crippen LogP contribution in [0.2, 0.25) is 0 Å². The number of hydrogen-bond donors (Lipinski definition) is 1. The van der Waals surface area contributed by atoms with E-state index in [0.717, 1.165) is 6.42 Å². The summed E-state index contributed by atoms with van der Waals surface area (Å²) in [5, 5.41) is 10.4. The maximum atomic E-state index is 13.0. The lowest BCUT2D eigenvalue weighted by Gasteiger charge is -2.41. The lowest BCUT2D eigenvalue weighted by atomic mass is 9.65. The molecule has 0 spiro atoms. The minimum absolute atomic E-state index is 0.150. The zero-order valence-corrected chi connectivity index (χ0v) is 21.6. The molecule has 0 fully saturated rings. The van der Waals surface area contributed by atoms with E-state index in [1.165, 1.54) is 11.6 Å². The van der Waals surface area contributed by atoms with Gasteiger partial charge in [0.2, 0.25) is 5.79 Å². The molecule has 35 heavy (non-hydrogen) atoms. The van der Waals surface area contributed by atoms with Gasteiger partial charge in [0.25, 0.3) is 0 Å². The van der Waals surface area contributed by atoms with Gasteiger partial charge in [0.1, 0.15) is 11.7 Å². The molecule has 1 aromatic rings. The quantitative estimate of drug-likeness (QED) is 0.372. The summed E-state index contributed by atoms with van der Waals surface area (Å²) in [5.74, 6) is -0.472. The van der Waals surface area contributed by atoms with Crippen LogP contribution in [0.25, 0.3) is 6.08 Å². The zero-order chi connectivity index (χ0) is 25.4. The average molecular weight is 483 g/mol. The third-order valence-corrected chi connectivity index (χ3v) is 7.91. The summed E-state index contributed by atoms with van der Waals surface area (Å²) < 4.78 is 20.3. The van der Waals surface area contributed by atoms with Crippen LogP contribution in [0.4, 0.5) is 0 Å². The maximum Gasteiger partial charge on any atom is 0.331 e. The minimum Gasteiger partial charge on any atom is -0.456 e. The second-order valence-corrected chi connectivity index (χ2v) is 10.6. The Kier molecular flexibility index (Phi) is 7.23. The van der Waals surface area contributed by atoms with Gasteiger partial charge >= 0.3 is 5.97 Å². The Hall–Kier alpha value is -2.48. The summed E-state index contributed by atoms with van der Waals surface area (Å²) in [6, 6.07) is 0. The van der Waals surface area contributed by atoms with Crippen molar-refractivity contribution in [1.82, 2.24) is 9.55 Å². The van der Waals surface area contributed by atoms with Crippen LogP contribution < -0.4 is 0 Å². The predicted molar refractivity (Wildman–Crippen MR) is 134 cm³/mol. The molecule has 7 nitrogen and oxygen atoms in total. The summed E-state index contributed by atoms with van der Waals surface area (Å²) in [5.41, 5.74) is 1.74. The van der Waals surface area contributed by atoms with E-state index in [2.05, 4.69) is 37.9 Å². The van der Waals surface area contributed by atoms with Crippen LogP contribution in [0, 0.1) is 23.7 Å². The number of hydrogen-bond acceptors (Lipinski definition) is 6. The van der Waals surface area contributed by atoms with Crippen LogP contribution in [0.5, 0.6) is 0 Å². The molecule has 7 heteroatoms. The molecule has 0 radical (unpaired) electrons. The van der Waals surface area contributed by atoms with Crippen LogP contribution in [-0.4, -0.2) is 51.8 Å². The normalized spacial score (nSPS) is 34.7. The molecule has 4 rings (SSSR count). The van der Waals surface area contributed by atoms with Gasteiger partial charge in [-0.05, 0) is 68.6 Å². The first-order valence-corrected chi connectivity index (χ1v) is 12.4. The molecule has 3 heterocycles. The topological polar surface area (TPSA) is 82.8 Å². The van der Waals surface area contributed by atoms with Crippen molar-refractivity contribution in [2.24, 2.45) is 30.7 Å². The second kappa shape index (κ2) is 9.88. The summed E-state index contributed by atoms with van der Waals surface area (Å²) in [7, 11) is 3.46. The van der Waals surface area contributed by atoms with Crippen LogP contribution in [0.1, 0.15) is 46.2 Å². The molecule has 190 valence electrons. The monoisotopic (exact) mass is 482 g/mol. The fraction of sp³-hybridized carbons (Fsp3) is 0.571. The number of nitrogens with zero attached hydrogens (tertiary/aromatic N) is 2. The van der Waals surface area contributed by atoms with Gasteiger partial charge in [-0.2, -0.15) is 0 Å². The van der Waals surface area contributed by atoms with Crippen molar-refractivity contribution in [2.75, 3.05) is 13.7 Å². The first-order valence-electron chi connectivity index (χ1n) is 12.4. The first-order chi connectivity index (χ1) is 16.6. The van der Waals surface area contributed by atoms with Gasteiger partial charge in [-0.3, -0.25) is 0 Å². The minimum atomic E-state index is -1.19. The van der Waals surface area contributed by atoms with E-state index in [0.29, 0.717) is 29.5 Å². The number of aliphatic hydroxyl groups excluding tert-OH is 1. The molecule has 0 unspecified atom stereocenters. The highest BCUT2D eigenvalue weighted by Crippen LogP contribution is 2.49. The highest BCUT2D eigenvalue weighted by Gasteiger charge is 2.53. The van der Waals surface area contributed by atoms with Gasteiger partial charge in [0.15, 0.2) is 0 Å². The SMILES string of the molecule is CO[C@]12C=C[C@](C)(O1)[C@@H](OC(=O)/C=C/c1cn(C)cn1)C[C@H]1C(C)=CC[C@H](C(C)C)[C@H]1C=C2CO. The third kappa shape index (κ3) is 4.95. The number of fused-ring (bicyclic) bond motifs is 3. The summed E-state index contributed by atoms with van der Waals surface area (Å²) in [4.78, 5) is 17.2. The van der Waals surface area contributed by atoms with Crippen molar-refractivity contribution >= 4 is 12.0 Å². The Bertz CT molecular complexity index is 1070. The van der Waals surface area contributed by atoms with Crippen LogP contribution in [-0.2, 0) is 26.1 Å². The molecule has 0 saturated carbocycles. The van der Waals surface area contributed by atoms with E-state index in [-0.39, 0.29) is 18.4 Å². The Morgan fingerprint density at radius 3 is 2.80 bits per heavy atom. The number of allylic oxidation sites excluding steroid dienone is 3. The van der Waals surface area contributed by atoms with E-state index < -0.39 is 23.5 Å². The smallest absolute Gasteiger partial charge is 0.331 e. The molecule has 2 bridgehead atoms. The molecule has 1 N–H and O–H groups in total. The molecule has 0 saturated heterocycles. The van der Waals surface area contributed by atoms with E-state index >= 15 is 0 Å². The van der Waals surface area contributed by atoms with Crippen molar-refractivity contribution in [2.45, 2.75) is 58.0 Å². The molecule has 0 aromatic carbocycles. The predicted octanol–water partition coefficient (Wildman–Crippen LogP) is 4.21. The van der Waals surface area contributed by atoms with Crippen LogP contribution in [0.15, 0.2) is 54.1 Å². The van der Waals surface area contributed by atoms with Crippen LogP contribution in [0.3, 0.4) is 0 Å². The Balaban J connectivity index is 1.71. The maximum absolute atomic E-state index is 13.0. The second-order valence-electron chi connectivity index (χ2n) is 10.6. The molecular weight excluding hydrogens is 444 g/mol. The number of aromatic nitrogens is 2. The molecule has 1 aliphatic carbocycles. The summed E-state index contributed by atoms with van der Waals surface area (Å²) in [6.45, 7) is 8.38. The van der Waals surface area contributed by atoms with Gasteiger partial charge in [-0.25, -0.2) is 9.78 Å². The van der Waals surface area contributed by atoms with E-state index in [1.807, 2.05) is 36.9 Å². The molecule has 1 aromatic heterocycles. The lowest BCUT2D eigenvalue weighted by molar-refractivity contribution is -0.227. The van der Waals surface area contributed by atoms with E-state index in [4.69, 9.17) is 14.2 Å². The summed E-state index contributed by atoms with van der Waals surface area (Å²) in [6.07, 6.45) is 15.8. The zero-order valence-electron chi connectivity index (χ0n) is 21.6. The average Bonchev–Trinajstić information content (AvgIpc) is 3.41. The fourth-order valence-corrected chi connectivity index (χ4v) is 5.78. The Morgan fingerprint density at radius 1 is 1.40 bits per heavy atom. The highest BCUT2D eigenvalue weighted by molar-refractivity contribution is 5.86. The van der Waals surface area contributed by atoms with Gasteiger partial charge in [-0.15, -0.1) is 0 Å². The number of aryl methyl sites for hydroxylation is 1. The van der Waals surface area contributed by atoms with Crippen molar-refractivity contribution in [1.29, 1.82) is 0 Å². The molecule has 3 aliphatic rings. The summed E-state index contributed by atoms with van der Waals surface area (Å²) >= 11 is 0. The first kappa shape index (κ1) is 25.6. The van der Waals surface area contributed by atoms with Crippen LogP contribution >= 0.6 is 0 Å². The number of carbonyl (C=O) groups excluding carboxylic acids is 1. The van der Waals surface area contributed by atoms with Gasteiger partial charge < -0.3 is 23.9 Å². The Morgan fingerprint density at radius 2 is 2.17 bits per heavy atom. The molecular formula is C28H38N2O5. The molecule has 0 amide bonds.